The summed E-state index contributed by atoms with van der Waals surface area (Å²) in [4.78, 5) is 26.7. The summed E-state index contributed by atoms with van der Waals surface area (Å²) in [6, 6.07) is 9.68. The minimum absolute atomic E-state index is 0.0965. The van der Waals surface area contributed by atoms with Gasteiger partial charge in [0.2, 0.25) is 11.8 Å². The van der Waals surface area contributed by atoms with Crippen LogP contribution in [0.15, 0.2) is 30.3 Å². The van der Waals surface area contributed by atoms with E-state index in [-0.39, 0.29) is 17.9 Å². The van der Waals surface area contributed by atoms with Crippen molar-refractivity contribution in [3.63, 3.8) is 0 Å². The summed E-state index contributed by atoms with van der Waals surface area (Å²) in [5.74, 6) is -0.307. The van der Waals surface area contributed by atoms with Crippen LogP contribution in [0.2, 0.25) is 0 Å². The lowest BCUT2D eigenvalue weighted by Gasteiger charge is -2.20. The van der Waals surface area contributed by atoms with E-state index < -0.39 is 5.41 Å². The Morgan fingerprint density at radius 1 is 1.18 bits per heavy atom. The normalized spacial score (nSPS) is 16.9. The van der Waals surface area contributed by atoms with Crippen LogP contribution in [0.1, 0.15) is 31.4 Å². The number of carbonyl (C=O) groups is 2. The third kappa shape index (κ3) is 3.85. The molecule has 2 rings (SSSR count). The van der Waals surface area contributed by atoms with Gasteiger partial charge < -0.3 is 15.5 Å². The summed E-state index contributed by atoms with van der Waals surface area (Å²) in [5.41, 5.74) is 0.190. The summed E-state index contributed by atoms with van der Waals surface area (Å²) >= 11 is 0. The highest BCUT2D eigenvalue weighted by molar-refractivity contribution is 6.07. The quantitative estimate of drug-likeness (QED) is 0.747. The number of hydrogen-bond donors (Lipinski definition) is 2. The van der Waals surface area contributed by atoms with E-state index in [1.54, 1.807) is 0 Å². The maximum atomic E-state index is 12.5. The van der Waals surface area contributed by atoms with Gasteiger partial charge in [0.25, 0.3) is 0 Å². The molecule has 22 heavy (non-hydrogen) atoms. The maximum absolute atomic E-state index is 12.5. The van der Waals surface area contributed by atoms with Gasteiger partial charge in [0, 0.05) is 13.1 Å². The molecule has 0 aliphatic heterocycles. The molecule has 5 nitrogen and oxygen atoms in total. The summed E-state index contributed by atoms with van der Waals surface area (Å²) < 4.78 is 0. The highest BCUT2D eigenvalue weighted by atomic mass is 16.2. The average Bonchev–Trinajstić information content (AvgIpc) is 3.29. The van der Waals surface area contributed by atoms with Gasteiger partial charge in [-0.15, -0.1) is 0 Å². The van der Waals surface area contributed by atoms with Crippen molar-refractivity contribution in [2.45, 2.75) is 25.8 Å². The van der Waals surface area contributed by atoms with Crippen molar-refractivity contribution in [3.8, 4) is 0 Å². The second-order valence-corrected chi connectivity index (χ2v) is 6.25. The van der Waals surface area contributed by atoms with Crippen LogP contribution in [-0.2, 0) is 9.59 Å². The Morgan fingerprint density at radius 3 is 2.36 bits per heavy atom. The monoisotopic (exact) mass is 303 g/mol. The number of carbonyl (C=O) groups excluding carboxylic acids is 2. The van der Waals surface area contributed by atoms with Crippen molar-refractivity contribution in [1.82, 2.24) is 15.5 Å². The van der Waals surface area contributed by atoms with Crippen molar-refractivity contribution in [2.75, 3.05) is 27.2 Å². The first-order chi connectivity index (χ1) is 10.5. The van der Waals surface area contributed by atoms with Gasteiger partial charge in [-0.05, 0) is 39.4 Å². The molecule has 1 atom stereocenters. The van der Waals surface area contributed by atoms with E-state index in [1.165, 1.54) is 0 Å². The van der Waals surface area contributed by atoms with E-state index in [4.69, 9.17) is 0 Å². The molecule has 1 saturated carbocycles. The molecule has 1 fully saturated rings. The molecular weight excluding hydrogens is 278 g/mol. The molecule has 2 amide bonds. The first kappa shape index (κ1) is 16.5. The van der Waals surface area contributed by atoms with Crippen LogP contribution in [0.25, 0.3) is 0 Å². The Hall–Kier alpha value is -1.88. The molecule has 0 aromatic heterocycles. The van der Waals surface area contributed by atoms with Crippen molar-refractivity contribution in [2.24, 2.45) is 5.41 Å². The van der Waals surface area contributed by atoms with Crippen LogP contribution < -0.4 is 10.6 Å². The van der Waals surface area contributed by atoms with Gasteiger partial charge >= 0.3 is 0 Å². The van der Waals surface area contributed by atoms with E-state index in [0.29, 0.717) is 19.4 Å². The van der Waals surface area contributed by atoms with Crippen LogP contribution in [-0.4, -0.2) is 43.9 Å². The van der Waals surface area contributed by atoms with Gasteiger partial charge in [-0.2, -0.15) is 0 Å². The molecule has 0 radical (unpaired) electrons. The molecule has 0 bridgehead atoms. The number of likely N-dealkylation sites (N-methyl/N-ethyl adjacent to an activating group) is 1. The summed E-state index contributed by atoms with van der Waals surface area (Å²) in [6.07, 6.45) is 1.27. The zero-order valence-electron chi connectivity index (χ0n) is 13.6. The predicted octanol–water partition coefficient (Wildman–Crippen LogP) is 1.32. The topological polar surface area (TPSA) is 61.4 Å². The number of amides is 2. The first-order valence-electron chi connectivity index (χ1n) is 7.74. The van der Waals surface area contributed by atoms with Gasteiger partial charge in [-0.25, -0.2) is 0 Å². The second-order valence-electron chi connectivity index (χ2n) is 6.25. The molecule has 1 aromatic carbocycles. The van der Waals surface area contributed by atoms with Crippen molar-refractivity contribution in [3.05, 3.63) is 35.9 Å². The van der Waals surface area contributed by atoms with E-state index in [2.05, 4.69) is 10.6 Å². The fraction of sp³-hybridized carbons (Fsp3) is 0.529. The highest BCUT2D eigenvalue weighted by Gasteiger charge is 2.56. The first-order valence-corrected chi connectivity index (χ1v) is 7.74. The molecule has 1 aliphatic carbocycles. The molecular formula is C17H25N3O2. The molecule has 1 aliphatic rings. The lowest BCUT2D eigenvalue weighted by molar-refractivity contribution is -0.137. The minimum atomic E-state index is -0.852. The fourth-order valence-electron chi connectivity index (χ4n) is 2.40. The van der Waals surface area contributed by atoms with Gasteiger partial charge in [0.05, 0.1) is 6.04 Å². The molecule has 0 saturated heterocycles. The smallest absolute Gasteiger partial charge is 0.236 e. The van der Waals surface area contributed by atoms with Crippen LogP contribution in [0.3, 0.4) is 0 Å². The van der Waals surface area contributed by atoms with E-state index in [0.717, 1.165) is 12.1 Å². The average molecular weight is 303 g/mol. The molecule has 2 N–H and O–H groups in total. The highest BCUT2D eigenvalue weighted by Crippen LogP contribution is 2.46. The number of hydrogen-bond acceptors (Lipinski definition) is 3. The lowest BCUT2D eigenvalue weighted by Crippen LogP contribution is -2.45. The Kier molecular flexibility index (Phi) is 5.19. The maximum Gasteiger partial charge on any atom is 0.236 e. The third-order valence-corrected chi connectivity index (χ3v) is 4.11. The molecule has 0 spiro atoms. The van der Waals surface area contributed by atoms with Crippen LogP contribution in [0, 0.1) is 5.41 Å². The zero-order valence-corrected chi connectivity index (χ0v) is 13.6. The standard InChI is InChI=1S/C17H25N3O2/c1-13(14-7-5-4-6-8-14)19-16(22)17(9-10-17)15(21)18-11-12-20(2)3/h4-8,13H,9-12H2,1-3H3,(H,18,21)(H,19,22). The van der Waals surface area contributed by atoms with Crippen LogP contribution >= 0.6 is 0 Å². The summed E-state index contributed by atoms with van der Waals surface area (Å²) in [5, 5.41) is 5.84. The van der Waals surface area contributed by atoms with Crippen molar-refractivity contribution < 1.29 is 9.59 Å². The fourth-order valence-corrected chi connectivity index (χ4v) is 2.40. The molecule has 0 heterocycles. The van der Waals surface area contributed by atoms with Gasteiger partial charge in [0.1, 0.15) is 5.41 Å². The number of nitrogens with zero attached hydrogens (tertiary/aromatic N) is 1. The van der Waals surface area contributed by atoms with Gasteiger partial charge in [-0.1, -0.05) is 30.3 Å². The number of rotatable bonds is 7. The van der Waals surface area contributed by atoms with Crippen molar-refractivity contribution >= 4 is 11.8 Å². The Bertz CT molecular complexity index is 524. The van der Waals surface area contributed by atoms with Crippen LogP contribution in [0.5, 0.6) is 0 Å². The van der Waals surface area contributed by atoms with Gasteiger partial charge in [0.15, 0.2) is 0 Å². The van der Waals surface area contributed by atoms with E-state index in [1.807, 2.05) is 56.3 Å². The number of benzene rings is 1. The predicted molar refractivity (Wildman–Crippen MR) is 86.2 cm³/mol. The largest absolute Gasteiger partial charge is 0.354 e. The van der Waals surface area contributed by atoms with Crippen LogP contribution in [0.4, 0.5) is 0 Å². The number of nitrogens with one attached hydrogen (secondary N) is 2. The second kappa shape index (κ2) is 6.92. The lowest BCUT2D eigenvalue weighted by atomic mass is 10.0. The molecule has 120 valence electrons. The zero-order chi connectivity index (χ0) is 16.2. The Labute approximate surface area is 132 Å². The third-order valence-electron chi connectivity index (χ3n) is 4.11. The molecule has 1 aromatic rings. The molecule has 1 unspecified atom stereocenters. The van der Waals surface area contributed by atoms with Gasteiger partial charge in [-0.3, -0.25) is 9.59 Å². The Balaban J connectivity index is 1.90. The van der Waals surface area contributed by atoms with Crippen molar-refractivity contribution in [1.29, 1.82) is 0 Å². The molecule has 5 heteroatoms. The SMILES string of the molecule is CC(NC(=O)C1(C(=O)NCCN(C)C)CC1)c1ccccc1. The van der Waals surface area contributed by atoms with E-state index in [9.17, 15) is 9.59 Å². The van der Waals surface area contributed by atoms with E-state index >= 15 is 0 Å². The minimum Gasteiger partial charge on any atom is -0.354 e. The summed E-state index contributed by atoms with van der Waals surface area (Å²) in [6.45, 7) is 3.27. The summed E-state index contributed by atoms with van der Waals surface area (Å²) in [7, 11) is 3.90. The Morgan fingerprint density at radius 2 is 1.82 bits per heavy atom.